The molecular formula is C22H24ClF3N4O2. The lowest BCUT2D eigenvalue weighted by Crippen LogP contribution is -2.37. The molecule has 0 saturated heterocycles. The molecule has 3 rings (SSSR count). The minimum atomic E-state index is -4.61. The van der Waals surface area contributed by atoms with Crippen LogP contribution in [0.15, 0.2) is 36.5 Å². The first-order chi connectivity index (χ1) is 14.9. The number of nitrogens with one attached hydrogen (secondary N) is 1. The number of pyridine rings is 1. The topological polar surface area (TPSA) is 68.5 Å². The van der Waals surface area contributed by atoms with Crippen LogP contribution in [0, 0.1) is 0 Å². The zero-order valence-electron chi connectivity index (χ0n) is 18.1. The van der Waals surface area contributed by atoms with E-state index < -0.39 is 17.8 Å². The molecule has 10 heteroatoms. The molecule has 2 heterocycles. The van der Waals surface area contributed by atoms with Gasteiger partial charge < -0.3 is 10.1 Å². The van der Waals surface area contributed by atoms with Gasteiger partial charge in [0.25, 0.3) is 5.91 Å². The molecule has 0 bridgehead atoms. The normalized spacial score (nSPS) is 13.2. The fourth-order valence-electron chi connectivity index (χ4n) is 3.12. The van der Waals surface area contributed by atoms with Crippen LogP contribution in [-0.2, 0) is 22.8 Å². The number of alkyl halides is 3. The number of hydrogen-bond acceptors (Lipinski definition) is 4. The van der Waals surface area contributed by atoms with Gasteiger partial charge in [-0.05, 0) is 36.1 Å². The molecule has 1 N–H and O–H groups in total. The molecule has 3 aromatic rings. The molecule has 0 radical (unpaired) electrons. The van der Waals surface area contributed by atoms with E-state index in [1.807, 2.05) is 24.3 Å². The summed E-state index contributed by atoms with van der Waals surface area (Å²) in [6.07, 6.45) is -3.88. The SMILES string of the molecule is CC(Oc1ccc(C(C)(C)C)cc1)C(=O)NCCc1nnc2c(C(F)(F)F)cc(Cl)cn12. The minimum Gasteiger partial charge on any atom is -0.481 e. The molecule has 1 aromatic carbocycles. The Balaban J connectivity index is 1.60. The van der Waals surface area contributed by atoms with Crippen molar-refractivity contribution in [2.45, 2.75) is 51.8 Å². The van der Waals surface area contributed by atoms with E-state index in [0.717, 1.165) is 11.6 Å². The van der Waals surface area contributed by atoms with Crippen molar-refractivity contribution in [3.63, 3.8) is 0 Å². The molecule has 6 nitrogen and oxygen atoms in total. The molecular weight excluding hydrogens is 445 g/mol. The summed E-state index contributed by atoms with van der Waals surface area (Å²) in [5.74, 6) is 0.464. The average molecular weight is 469 g/mol. The van der Waals surface area contributed by atoms with E-state index in [2.05, 4.69) is 36.3 Å². The molecule has 0 saturated carbocycles. The van der Waals surface area contributed by atoms with E-state index in [4.69, 9.17) is 16.3 Å². The molecule has 172 valence electrons. The maximum absolute atomic E-state index is 13.2. The third-order valence-corrected chi connectivity index (χ3v) is 5.10. The number of carbonyl (C=O) groups excluding carboxylic acids is 1. The Morgan fingerprint density at radius 3 is 2.44 bits per heavy atom. The molecule has 1 atom stereocenters. The van der Waals surface area contributed by atoms with Crippen molar-refractivity contribution in [2.24, 2.45) is 0 Å². The van der Waals surface area contributed by atoms with Crippen LogP contribution in [0.5, 0.6) is 5.75 Å². The molecule has 0 aliphatic carbocycles. The summed E-state index contributed by atoms with van der Waals surface area (Å²) in [7, 11) is 0. The number of ether oxygens (including phenoxy) is 1. The van der Waals surface area contributed by atoms with E-state index in [1.165, 1.54) is 10.6 Å². The van der Waals surface area contributed by atoms with Gasteiger partial charge in [-0.2, -0.15) is 13.2 Å². The fourth-order valence-corrected chi connectivity index (χ4v) is 3.32. The van der Waals surface area contributed by atoms with Gasteiger partial charge in [-0.1, -0.05) is 44.5 Å². The standard InChI is InChI=1S/C22H24ClF3N4O2/c1-13(32-16-7-5-14(6-8-16)21(2,3)4)20(31)27-10-9-18-28-29-19-17(22(24,25)26)11-15(23)12-30(18)19/h5-8,11-13H,9-10H2,1-4H3,(H,27,31). The smallest absolute Gasteiger partial charge is 0.420 e. The van der Waals surface area contributed by atoms with Crippen LogP contribution >= 0.6 is 11.6 Å². The molecule has 0 spiro atoms. The molecule has 0 aliphatic heterocycles. The highest BCUT2D eigenvalue weighted by Gasteiger charge is 2.35. The lowest BCUT2D eigenvalue weighted by molar-refractivity contribution is -0.136. The Morgan fingerprint density at radius 1 is 1.19 bits per heavy atom. The summed E-state index contributed by atoms with van der Waals surface area (Å²) >= 11 is 5.83. The van der Waals surface area contributed by atoms with Crippen molar-refractivity contribution in [1.82, 2.24) is 19.9 Å². The molecule has 1 amide bonds. The highest BCUT2D eigenvalue weighted by atomic mass is 35.5. The highest BCUT2D eigenvalue weighted by Crippen LogP contribution is 2.33. The van der Waals surface area contributed by atoms with Gasteiger partial charge in [-0.25, -0.2) is 0 Å². The lowest BCUT2D eigenvalue weighted by Gasteiger charge is -2.20. The van der Waals surface area contributed by atoms with Gasteiger partial charge in [-0.15, -0.1) is 10.2 Å². The summed E-state index contributed by atoms with van der Waals surface area (Å²) in [4.78, 5) is 12.4. The van der Waals surface area contributed by atoms with Crippen LogP contribution in [0.2, 0.25) is 5.02 Å². The molecule has 0 aliphatic rings. The third-order valence-electron chi connectivity index (χ3n) is 4.90. The highest BCUT2D eigenvalue weighted by molar-refractivity contribution is 6.30. The van der Waals surface area contributed by atoms with Crippen LogP contribution < -0.4 is 10.1 Å². The van der Waals surface area contributed by atoms with Gasteiger partial charge in [0.15, 0.2) is 11.8 Å². The number of halogens is 4. The predicted molar refractivity (Wildman–Crippen MR) is 115 cm³/mol. The van der Waals surface area contributed by atoms with E-state index in [-0.39, 0.29) is 40.8 Å². The average Bonchev–Trinajstić information content (AvgIpc) is 3.08. The van der Waals surface area contributed by atoms with Gasteiger partial charge in [0.1, 0.15) is 17.1 Å². The fraction of sp³-hybridized carbons (Fsp3) is 0.409. The van der Waals surface area contributed by atoms with Gasteiger partial charge in [0, 0.05) is 19.2 Å². The minimum absolute atomic E-state index is 0.0124. The first-order valence-electron chi connectivity index (χ1n) is 10.0. The summed E-state index contributed by atoms with van der Waals surface area (Å²) in [5.41, 5.74) is -0.138. The summed E-state index contributed by atoms with van der Waals surface area (Å²) in [5, 5.41) is 10.1. The van der Waals surface area contributed by atoms with Crippen LogP contribution in [-0.4, -0.2) is 33.2 Å². The van der Waals surface area contributed by atoms with Gasteiger partial charge >= 0.3 is 6.18 Å². The zero-order chi connectivity index (χ0) is 23.7. The number of rotatable bonds is 6. The maximum Gasteiger partial charge on any atom is 0.420 e. The van der Waals surface area contributed by atoms with Crippen molar-refractivity contribution in [2.75, 3.05) is 6.54 Å². The van der Waals surface area contributed by atoms with E-state index in [0.29, 0.717) is 5.75 Å². The van der Waals surface area contributed by atoms with Crippen LogP contribution in [0.1, 0.15) is 44.6 Å². The van der Waals surface area contributed by atoms with Gasteiger partial charge in [-0.3, -0.25) is 9.20 Å². The second kappa shape index (κ2) is 8.97. The van der Waals surface area contributed by atoms with Crippen molar-refractivity contribution in [3.05, 3.63) is 58.5 Å². The van der Waals surface area contributed by atoms with E-state index in [1.54, 1.807) is 6.92 Å². The van der Waals surface area contributed by atoms with E-state index in [9.17, 15) is 18.0 Å². The Bertz CT molecular complexity index is 1110. The maximum atomic E-state index is 13.2. The lowest BCUT2D eigenvalue weighted by atomic mass is 9.87. The summed E-state index contributed by atoms with van der Waals surface area (Å²) in [6.45, 7) is 8.08. The molecule has 0 fully saturated rings. The van der Waals surface area contributed by atoms with E-state index >= 15 is 0 Å². The summed E-state index contributed by atoms with van der Waals surface area (Å²) < 4.78 is 46.5. The van der Waals surface area contributed by atoms with Crippen molar-refractivity contribution >= 4 is 23.2 Å². The molecule has 2 aromatic heterocycles. The molecule has 1 unspecified atom stereocenters. The Labute approximate surface area is 188 Å². The largest absolute Gasteiger partial charge is 0.481 e. The second-order valence-corrected chi connectivity index (χ2v) is 8.89. The Hall–Kier alpha value is -2.81. The number of hydrogen-bond donors (Lipinski definition) is 1. The monoisotopic (exact) mass is 468 g/mol. The number of aromatic nitrogens is 3. The number of carbonyl (C=O) groups is 1. The second-order valence-electron chi connectivity index (χ2n) is 8.46. The number of benzene rings is 1. The number of nitrogens with zero attached hydrogens (tertiary/aromatic N) is 3. The molecule has 32 heavy (non-hydrogen) atoms. The van der Waals surface area contributed by atoms with Crippen molar-refractivity contribution < 1.29 is 22.7 Å². The summed E-state index contributed by atoms with van der Waals surface area (Å²) in [6, 6.07) is 8.35. The third kappa shape index (κ3) is 5.51. The predicted octanol–water partition coefficient (Wildman–Crippen LogP) is 4.83. The van der Waals surface area contributed by atoms with Crippen LogP contribution in [0.25, 0.3) is 5.65 Å². The van der Waals surface area contributed by atoms with Crippen molar-refractivity contribution in [1.29, 1.82) is 0 Å². The van der Waals surface area contributed by atoms with Crippen molar-refractivity contribution in [3.8, 4) is 5.75 Å². The first-order valence-corrected chi connectivity index (χ1v) is 10.4. The number of fused-ring (bicyclic) bond motifs is 1. The quantitative estimate of drug-likeness (QED) is 0.563. The Kier molecular flexibility index (Phi) is 6.69. The van der Waals surface area contributed by atoms with Gasteiger partial charge in [0.05, 0.1) is 5.02 Å². The number of amides is 1. The van der Waals surface area contributed by atoms with Crippen LogP contribution in [0.3, 0.4) is 0 Å². The zero-order valence-corrected chi connectivity index (χ0v) is 18.9. The van der Waals surface area contributed by atoms with Gasteiger partial charge in [0.2, 0.25) is 0 Å². The first kappa shape index (κ1) is 23.8. The van der Waals surface area contributed by atoms with Crippen LogP contribution in [0.4, 0.5) is 13.2 Å². The Morgan fingerprint density at radius 2 is 1.84 bits per heavy atom.